The van der Waals surface area contributed by atoms with Gasteiger partial charge in [-0.3, -0.25) is 14.3 Å². The summed E-state index contributed by atoms with van der Waals surface area (Å²) in [5.41, 5.74) is 0.258. The Balaban J connectivity index is 1.83. The number of carbonyl (C=O) groups is 1. The van der Waals surface area contributed by atoms with Gasteiger partial charge in [0, 0.05) is 31.1 Å². The van der Waals surface area contributed by atoms with Gasteiger partial charge in [0.05, 0.1) is 12.8 Å². The minimum Gasteiger partial charge on any atom is -0.456 e. The summed E-state index contributed by atoms with van der Waals surface area (Å²) in [6, 6.07) is 10.8. The minimum atomic E-state index is -3.41. The fourth-order valence-corrected chi connectivity index (χ4v) is 3.08. The smallest absolute Gasteiger partial charge is 0.283 e. The number of carbonyl (C=O) groups excluding carboxylic acids is 1. The summed E-state index contributed by atoms with van der Waals surface area (Å²) < 4.78 is 30.3. The topological polar surface area (TPSA) is 124 Å². The van der Waals surface area contributed by atoms with E-state index in [2.05, 4.69) is 10.1 Å². The number of anilines is 1. The van der Waals surface area contributed by atoms with Gasteiger partial charge >= 0.3 is 0 Å². The molecule has 0 saturated heterocycles. The monoisotopic (exact) mass is 446 g/mol. The third-order valence-electron chi connectivity index (χ3n) is 4.04. The van der Waals surface area contributed by atoms with Crippen LogP contribution >= 0.6 is 0 Å². The number of aliphatic hydroxyl groups is 1. The first-order valence-electron chi connectivity index (χ1n) is 9.23. The first-order chi connectivity index (χ1) is 14.7. The van der Waals surface area contributed by atoms with Crippen LogP contribution in [0, 0.1) is 0 Å². The second-order valence-electron chi connectivity index (χ2n) is 6.78. The Morgan fingerprint density at radius 1 is 1.23 bits per heavy atom. The second kappa shape index (κ2) is 9.25. The van der Waals surface area contributed by atoms with Crippen LogP contribution in [0.5, 0.6) is 11.5 Å². The molecule has 3 rings (SSSR count). The van der Waals surface area contributed by atoms with Gasteiger partial charge in [0.1, 0.15) is 17.6 Å². The van der Waals surface area contributed by atoms with Crippen molar-refractivity contribution in [3.05, 3.63) is 60.4 Å². The molecule has 0 aliphatic rings. The Morgan fingerprint density at radius 3 is 2.58 bits per heavy atom. The van der Waals surface area contributed by atoms with E-state index in [4.69, 9.17) is 9.57 Å². The van der Waals surface area contributed by atoms with Crippen molar-refractivity contribution in [2.75, 3.05) is 17.9 Å². The van der Waals surface area contributed by atoms with Crippen molar-refractivity contribution in [1.29, 1.82) is 0 Å². The Kier molecular flexibility index (Phi) is 6.68. The van der Waals surface area contributed by atoms with Crippen molar-refractivity contribution in [2.24, 2.45) is 7.05 Å². The van der Waals surface area contributed by atoms with Gasteiger partial charge in [-0.2, -0.15) is 10.2 Å². The highest BCUT2D eigenvalue weighted by molar-refractivity contribution is 7.90. The maximum Gasteiger partial charge on any atom is 0.283 e. The molecule has 1 unspecified atom stereocenters. The van der Waals surface area contributed by atoms with Crippen molar-refractivity contribution in [3.8, 4) is 11.5 Å². The predicted octanol–water partition coefficient (Wildman–Crippen LogP) is 1.97. The zero-order valence-corrected chi connectivity index (χ0v) is 18.0. The number of nitrogens with zero attached hydrogens (tertiary/aromatic N) is 4. The van der Waals surface area contributed by atoms with E-state index in [1.165, 1.54) is 29.1 Å². The Hall–Kier alpha value is -3.28. The average molecular weight is 446 g/mol. The molecule has 164 valence electrons. The van der Waals surface area contributed by atoms with E-state index in [9.17, 15) is 18.3 Å². The summed E-state index contributed by atoms with van der Waals surface area (Å²) in [4.78, 5) is 22.5. The normalized spacial score (nSPS) is 12.4. The van der Waals surface area contributed by atoms with Crippen molar-refractivity contribution >= 4 is 21.6 Å². The molecular weight excluding hydrogens is 424 g/mol. The van der Waals surface area contributed by atoms with Crippen molar-refractivity contribution < 1.29 is 27.9 Å². The fraction of sp³-hybridized carbons (Fsp3) is 0.250. The van der Waals surface area contributed by atoms with E-state index in [0.717, 1.165) is 11.3 Å². The molecule has 0 bridgehead atoms. The molecule has 0 aliphatic carbocycles. The van der Waals surface area contributed by atoms with Gasteiger partial charge in [-0.05, 0) is 37.3 Å². The number of hydrogen-bond acceptors (Lipinski definition) is 8. The summed E-state index contributed by atoms with van der Waals surface area (Å²) in [6.45, 7) is 1.34. The largest absolute Gasteiger partial charge is 0.456 e. The first-order valence-corrected chi connectivity index (χ1v) is 11.1. The number of benzene rings is 1. The predicted molar refractivity (Wildman–Crippen MR) is 112 cm³/mol. The molecule has 10 nitrogen and oxygen atoms in total. The molecule has 2 heterocycles. The molecule has 0 spiro atoms. The highest BCUT2D eigenvalue weighted by atomic mass is 32.2. The molecule has 2 aromatic heterocycles. The number of hydroxylamine groups is 1. The van der Waals surface area contributed by atoms with Gasteiger partial charge in [0.2, 0.25) is 0 Å². The second-order valence-corrected chi connectivity index (χ2v) is 8.74. The summed E-state index contributed by atoms with van der Waals surface area (Å²) in [6.07, 6.45) is 3.38. The van der Waals surface area contributed by atoms with Gasteiger partial charge in [-0.15, -0.1) is 0 Å². The minimum absolute atomic E-state index is 0.0649. The molecule has 1 atom stereocenters. The van der Waals surface area contributed by atoms with Crippen molar-refractivity contribution in [2.45, 2.75) is 18.1 Å². The van der Waals surface area contributed by atoms with Crippen molar-refractivity contribution in [1.82, 2.24) is 14.8 Å². The van der Waals surface area contributed by atoms with Gasteiger partial charge in [-0.1, -0.05) is 6.07 Å². The summed E-state index contributed by atoms with van der Waals surface area (Å²) in [5, 5.41) is 14.5. The van der Waals surface area contributed by atoms with Crippen LogP contribution in [0.1, 0.15) is 17.3 Å². The lowest BCUT2D eigenvalue weighted by molar-refractivity contribution is 0.00816. The van der Waals surface area contributed by atoms with E-state index in [-0.39, 0.29) is 23.0 Å². The Bertz CT molecular complexity index is 1160. The molecule has 0 fully saturated rings. The Morgan fingerprint density at radius 2 is 2.00 bits per heavy atom. The van der Waals surface area contributed by atoms with Crippen LogP contribution in [-0.2, 0) is 21.7 Å². The van der Waals surface area contributed by atoms with Gasteiger partial charge < -0.3 is 9.84 Å². The third-order valence-corrected chi connectivity index (χ3v) is 5.04. The number of aryl methyl sites for hydroxylation is 1. The van der Waals surface area contributed by atoms with Gasteiger partial charge in [0.15, 0.2) is 20.7 Å². The quantitative estimate of drug-likeness (QED) is 0.521. The zero-order chi connectivity index (χ0) is 22.6. The average Bonchev–Trinajstić information content (AvgIpc) is 3.17. The molecule has 1 N–H and O–H groups in total. The molecule has 3 aromatic rings. The number of ether oxygens (including phenoxy) is 1. The van der Waals surface area contributed by atoms with E-state index in [1.54, 1.807) is 44.4 Å². The standard InChI is InChI=1S/C20H22N4O6S/c1-14(13-25)30-24(18-9-10-23(2)22-18)20(26)15-5-4-6-16(11-15)29-17-7-8-19(21-12-17)31(3,27)28/h4-12,14,25H,13H2,1-3H3. The van der Waals surface area contributed by atoms with Crippen LogP contribution < -0.4 is 9.80 Å². The number of pyridine rings is 1. The van der Waals surface area contributed by atoms with E-state index >= 15 is 0 Å². The summed E-state index contributed by atoms with van der Waals surface area (Å²) in [7, 11) is -1.71. The number of aromatic nitrogens is 3. The molecule has 11 heteroatoms. The molecule has 31 heavy (non-hydrogen) atoms. The van der Waals surface area contributed by atoms with Gasteiger partial charge in [0.25, 0.3) is 5.91 Å². The van der Waals surface area contributed by atoms with E-state index in [0.29, 0.717) is 11.5 Å². The molecular formula is C20H22N4O6S. The lowest BCUT2D eigenvalue weighted by Crippen LogP contribution is -2.36. The Labute approximate surface area is 179 Å². The van der Waals surface area contributed by atoms with E-state index in [1.807, 2.05) is 0 Å². The van der Waals surface area contributed by atoms with Crippen LogP contribution in [0.4, 0.5) is 5.82 Å². The number of hydrogen-bond donors (Lipinski definition) is 1. The number of sulfone groups is 1. The van der Waals surface area contributed by atoms with Crippen LogP contribution in [0.2, 0.25) is 0 Å². The number of amides is 1. The molecule has 0 aliphatic heterocycles. The van der Waals surface area contributed by atoms with E-state index < -0.39 is 21.8 Å². The summed E-state index contributed by atoms with van der Waals surface area (Å²) in [5.74, 6) is 0.411. The maximum atomic E-state index is 13.1. The molecule has 1 aromatic carbocycles. The summed E-state index contributed by atoms with van der Waals surface area (Å²) >= 11 is 0. The SMILES string of the molecule is CC(CO)ON(C(=O)c1cccc(Oc2ccc(S(C)(=O)=O)nc2)c1)c1ccn(C)n1. The third kappa shape index (κ3) is 5.66. The molecule has 0 saturated carbocycles. The lowest BCUT2D eigenvalue weighted by atomic mass is 10.2. The van der Waals surface area contributed by atoms with Crippen LogP contribution in [-0.4, -0.2) is 53.2 Å². The number of rotatable bonds is 8. The zero-order valence-electron chi connectivity index (χ0n) is 17.2. The first kappa shape index (κ1) is 22.4. The van der Waals surface area contributed by atoms with Crippen LogP contribution in [0.3, 0.4) is 0 Å². The maximum absolute atomic E-state index is 13.1. The fourth-order valence-electron chi connectivity index (χ4n) is 2.52. The molecule has 0 radical (unpaired) electrons. The van der Waals surface area contributed by atoms with Crippen LogP contribution in [0.15, 0.2) is 59.9 Å². The lowest BCUT2D eigenvalue weighted by Gasteiger charge is -2.22. The highest BCUT2D eigenvalue weighted by Crippen LogP contribution is 2.24. The number of aliphatic hydroxyl groups excluding tert-OH is 1. The van der Waals surface area contributed by atoms with Crippen molar-refractivity contribution in [3.63, 3.8) is 0 Å². The highest BCUT2D eigenvalue weighted by Gasteiger charge is 2.24. The molecule has 1 amide bonds. The van der Waals surface area contributed by atoms with Gasteiger partial charge in [-0.25, -0.2) is 13.4 Å². The van der Waals surface area contributed by atoms with Crippen LogP contribution in [0.25, 0.3) is 0 Å².